The van der Waals surface area contributed by atoms with Gasteiger partial charge < -0.3 is 10.1 Å². The standard InChI is InChI=1S/C11H8FNO3S/c1-16-10(14)5-9-11(15)13-7-3-2-6(12)4-8(7)17-9/h2-5H,1H3,(H,13,15)/b9-5-. The van der Waals surface area contributed by atoms with Gasteiger partial charge in [-0.25, -0.2) is 9.18 Å². The molecule has 0 spiro atoms. The molecule has 0 atom stereocenters. The molecule has 2 rings (SSSR count). The Balaban J connectivity index is 2.35. The summed E-state index contributed by atoms with van der Waals surface area (Å²) < 4.78 is 17.4. The van der Waals surface area contributed by atoms with E-state index < -0.39 is 17.7 Å². The summed E-state index contributed by atoms with van der Waals surface area (Å²) in [5, 5.41) is 2.56. The first-order chi connectivity index (χ1) is 8.10. The van der Waals surface area contributed by atoms with Crippen molar-refractivity contribution in [1.29, 1.82) is 0 Å². The number of carbonyl (C=O) groups excluding carboxylic acids is 2. The molecule has 4 nitrogen and oxygen atoms in total. The van der Waals surface area contributed by atoms with Gasteiger partial charge in [-0.1, -0.05) is 11.8 Å². The van der Waals surface area contributed by atoms with E-state index in [1.807, 2.05) is 0 Å². The number of benzene rings is 1. The average molecular weight is 253 g/mol. The number of hydrogen-bond donors (Lipinski definition) is 1. The largest absolute Gasteiger partial charge is 0.466 e. The number of carbonyl (C=O) groups is 2. The number of halogens is 1. The van der Waals surface area contributed by atoms with Crippen molar-refractivity contribution in [3.05, 3.63) is 35.0 Å². The van der Waals surface area contributed by atoms with Crippen LogP contribution in [0.3, 0.4) is 0 Å². The summed E-state index contributed by atoms with van der Waals surface area (Å²) >= 11 is 1.03. The molecule has 0 fully saturated rings. The zero-order valence-electron chi connectivity index (χ0n) is 8.82. The molecule has 1 amide bonds. The Labute approximate surface area is 101 Å². The minimum absolute atomic E-state index is 0.176. The molecule has 88 valence electrons. The van der Waals surface area contributed by atoms with Gasteiger partial charge in [-0.05, 0) is 18.2 Å². The molecule has 1 heterocycles. The van der Waals surface area contributed by atoms with Gasteiger partial charge in [0, 0.05) is 11.0 Å². The maximum absolute atomic E-state index is 13.0. The molecule has 1 aromatic rings. The van der Waals surface area contributed by atoms with Crippen molar-refractivity contribution in [2.75, 3.05) is 12.4 Å². The van der Waals surface area contributed by atoms with Crippen LogP contribution in [0.5, 0.6) is 0 Å². The van der Waals surface area contributed by atoms with E-state index in [-0.39, 0.29) is 4.91 Å². The van der Waals surface area contributed by atoms with Crippen LogP contribution in [0.2, 0.25) is 0 Å². The second kappa shape index (κ2) is 4.58. The van der Waals surface area contributed by atoms with Crippen LogP contribution in [0.25, 0.3) is 0 Å². The first kappa shape index (κ1) is 11.7. The Morgan fingerprint density at radius 2 is 2.29 bits per heavy atom. The van der Waals surface area contributed by atoms with E-state index in [4.69, 9.17) is 0 Å². The highest BCUT2D eigenvalue weighted by atomic mass is 32.2. The van der Waals surface area contributed by atoms with Crippen LogP contribution in [0.1, 0.15) is 0 Å². The Morgan fingerprint density at radius 1 is 1.53 bits per heavy atom. The third kappa shape index (κ3) is 2.47. The third-order valence-corrected chi connectivity index (χ3v) is 3.17. The van der Waals surface area contributed by atoms with Crippen LogP contribution in [0.15, 0.2) is 34.1 Å². The van der Waals surface area contributed by atoms with Crippen molar-refractivity contribution >= 4 is 29.3 Å². The summed E-state index contributed by atoms with van der Waals surface area (Å²) in [5.41, 5.74) is 0.531. The number of hydrogen-bond acceptors (Lipinski definition) is 4. The highest BCUT2D eigenvalue weighted by Crippen LogP contribution is 2.38. The maximum Gasteiger partial charge on any atom is 0.331 e. The molecule has 0 saturated heterocycles. The summed E-state index contributed by atoms with van der Waals surface area (Å²) in [4.78, 5) is 23.4. The quantitative estimate of drug-likeness (QED) is 0.613. The molecule has 0 saturated carbocycles. The molecule has 0 aromatic heterocycles. The van der Waals surface area contributed by atoms with E-state index in [0.717, 1.165) is 17.8 Å². The highest BCUT2D eigenvalue weighted by molar-refractivity contribution is 8.04. The summed E-state index contributed by atoms with van der Waals surface area (Å²) in [7, 11) is 1.22. The Kier molecular flexibility index (Phi) is 3.14. The number of ether oxygens (including phenoxy) is 1. The minimum atomic E-state index is -0.623. The van der Waals surface area contributed by atoms with Gasteiger partial charge in [0.1, 0.15) is 5.82 Å². The van der Waals surface area contributed by atoms with Crippen LogP contribution in [-0.4, -0.2) is 19.0 Å². The van der Waals surface area contributed by atoms with Crippen molar-refractivity contribution in [2.45, 2.75) is 4.90 Å². The predicted octanol–water partition coefficient (Wildman–Crippen LogP) is 1.93. The Morgan fingerprint density at radius 3 is 3.00 bits per heavy atom. The number of fused-ring (bicyclic) bond motifs is 1. The number of thioether (sulfide) groups is 1. The number of rotatable bonds is 1. The monoisotopic (exact) mass is 253 g/mol. The number of nitrogens with one attached hydrogen (secondary N) is 1. The summed E-state index contributed by atoms with van der Waals surface area (Å²) in [6, 6.07) is 4.03. The molecule has 0 unspecified atom stereocenters. The van der Waals surface area contributed by atoms with Crippen LogP contribution >= 0.6 is 11.8 Å². The molecule has 1 N–H and O–H groups in total. The maximum atomic E-state index is 13.0. The van der Waals surface area contributed by atoms with Gasteiger partial charge in [-0.15, -0.1) is 0 Å². The van der Waals surface area contributed by atoms with Crippen LogP contribution < -0.4 is 5.32 Å². The summed E-state index contributed by atoms with van der Waals surface area (Å²) in [6.07, 6.45) is 1.08. The zero-order valence-corrected chi connectivity index (χ0v) is 9.64. The summed E-state index contributed by atoms with van der Waals surface area (Å²) in [5.74, 6) is -1.42. The lowest BCUT2D eigenvalue weighted by molar-refractivity contribution is -0.135. The molecule has 0 aliphatic carbocycles. The molecule has 1 aliphatic rings. The van der Waals surface area contributed by atoms with E-state index in [1.54, 1.807) is 0 Å². The second-order valence-corrected chi connectivity index (χ2v) is 4.31. The van der Waals surface area contributed by atoms with Gasteiger partial charge >= 0.3 is 5.97 Å². The van der Waals surface area contributed by atoms with E-state index in [0.29, 0.717) is 10.6 Å². The van der Waals surface area contributed by atoms with Crippen molar-refractivity contribution in [2.24, 2.45) is 0 Å². The predicted molar refractivity (Wildman–Crippen MR) is 61.0 cm³/mol. The topological polar surface area (TPSA) is 55.4 Å². The van der Waals surface area contributed by atoms with E-state index in [2.05, 4.69) is 10.1 Å². The van der Waals surface area contributed by atoms with Crippen LogP contribution in [-0.2, 0) is 14.3 Å². The number of methoxy groups -OCH3 is 1. The average Bonchev–Trinajstić information content (AvgIpc) is 2.30. The molecule has 6 heteroatoms. The van der Waals surface area contributed by atoms with Gasteiger partial charge in [-0.3, -0.25) is 4.79 Å². The lowest BCUT2D eigenvalue weighted by Gasteiger charge is -2.17. The summed E-state index contributed by atoms with van der Waals surface area (Å²) in [6.45, 7) is 0. The van der Waals surface area contributed by atoms with Crippen molar-refractivity contribution in [3.8, 4) is 0 Å². The lowest BCUT2D eigenvalue weighted by atomic mass is 10.3. The van der Waals surface area contributed by atoms with Crippen LogP contribution in [0.4, 0.5) is 10.1 Å². The molecule has 17 heavy (non-hydrogen) atoms. The van der Waals surface area contributed by atoms with Gasteiger partial charge in [0.2, 0.25) is 0 Å². The first-order valence-electron chi connectivity index (χ1n) is 4.68. The fourth-order valence-electron chi connectivity index (χ4n) is 1.29. The second-order valence-electron chi connectivity index (χ2n) is 3.23. The fourth-order valence-corrected chi connectivity index (χ4v) is 2.23. The smallest absolute Gasteiger partial charge is 0.331 e. The third-order valence-electron chi connectivity index (χ3n) is 2.09. The zero-order chi connectivity index (χ0) is 12.4. The SMILES string of the molecule is COC(=O)/C=C1\Sc2cc(F)ccc2NC1=O. The van der Waals surface area contributed by atoms with Gasteiger partial charge in [0.25, 0.3) is 5.91 Å². The van der Waals surface area contributed by atoms with Gasteiger partial charge in [0.15, 0.2) is 0 Å². The van der Waals surface area contributed by atoms with Gasteiger partial charge in [-0.2, -0.15) is 0 Å². The number of amides is 1. The number of esters is 1. The fraction of sp³-hybridized carbons (Fsp3) is 0.0909. The lowest BCUT2D eigenvalue weighted by Crippen LogP contribution is -2.18. The van der Waals surface area contributed by atoms with Gasteiger partial charge in [0.05, 0.1) is 17.7 Å². The van der Waals surface area contributed by atoms with Crippen molar-refractivity contribution in [1.82, 2.24) is 0 Å². The highest BCUT2D eigenvalue weighted by Gasteiger charge is 2.22. The molecular formula is C11H8FNO3S. The van der Waals surface area contributed by atoms with E-state index in [1.165, 1.54) is 25.3 Å². The molecule has 0 bridgehead atoms. The molecule has 0 radical (unpaired) electrons. The van der Waals surface area contributed by atoms with Crippen LogP contribution in [0, 0.1) is 5.82 Å². The first-order valence-corrected chi connectivity index (χ1v) is 5.50. The molecule has 1 aliphatic heterocycles. The van der Waals surface area contributed by atoms with Crippen molar-refractivity contribution < 1.29 is 18.7 Å². The van der Waals surface area contributed by atoms with Crippen molar-refractivity contribution in [3.63, 3.8) is 0 Å². The normalized spacial score (nSPS) is 16.4. The number of anilines is 1. The Bertz CT molecular complexity index is 527. The molecular weight excluding hydrogens is 245 g/mol. The minimum Gasteiger partial charge on any atom is -0.466 e. The van der Waals surface area contributed by atoms with E-state index in [9.17, 15) is 14.0 Å². The van der Waals surface area contributed by atoms with E-state index >= 15 is 0 Å². The molecule has 1 aromatic carbocycles. The Hall–Kier alpha value is -1.82.